The van der Waals surface area contributed by atoms with Crippen LogP contribution in [0.1, 0.15) is 61.4 Å². The molecule has 2 aliphatic carbocycles. The molecule has 11 heteroatoms. The summed E-state index contributed by atoms with van der Waals surface area (Å²) in [5.41, 5.74) is 4.71. The van der Waals surface area contributed by atoms with Crippen molar-refractivity contribution in [3.05, 3.63) is 79.0 Å². The molecule has 5 heterocycles. The summed E-state index contributed by atoms with van der Waals surface area (Å²) in [5, 5.41) is 4.54. The predicted octanol–water partition coefficient (Wildman–Crippen LogP) is 6.00. The van der Waals surface area contributed by atoms with E-state index in [4.69, 9.17) is 11.6 Å². The van der Waals surface area contributed by atoms with Gasteiger partial charge in [-0.25, -0.2) is 13.6 Å². The number of alkyl halides is 2. The third-order valence-corrected chi connectivity index (χ3v) is 11.4. The Labute approximate surface area is 256 Å². The molecule has 2 saturated carbocycles. The lowest BCUT2D eigenvalue weighted by Gasteiger charge is -2.41. The van der Waals surface area contributed by atoms with Crippen LogP contribution in [-0.4, -0.2) is 44.7 Å². The molecule has 1 atom stereocenters. The molecule has 1 saturated heterocycles. The maximum atomic E-state index is 13.5. The first-order valence-corrected chi connectivity index (χ1v) is 16.3. The second kappa shape index (κ2) is 9.97. The van der Waals surface area contributed by atoms with Gasteiger partial charge in [0.1, 0.15) is 0 Å². The minimum atomic E-state index is -2.76. The van der Waals surface area contributed by atoms with Crippen molar-refractivity contribution < 1.29 is 8.78 Å². The second-order valence-electron chi connectivity index (χ2n) is 12.8. The fraction of sp³-hybridized carbons (Fsp3) is 0.469. The SMILES string of the molecule is O=c1ccn(C2CC(F)(F)C2)c(=O)n1Cc1cc2nccc(-c3cc(Cl)cc4c3N(C3CNC5(CCC5)C3)CCC4)c2s1. The number of pyridine rings is 1. The van der Waals surface area contributed by atoms with E-state index in [2.05, 4.69) is 27.3 Å². The molecule has 1 unspecified atom stereocenters. The topological polar surface area (TPSA) is 72.2 Å². The molecule has 0 bridgehead atoms. The first-order chi connectivity index (χ1) is 20.7. The fourth-order valence-corrected chi connectivity index (χ4v) is 9.03. The van der Waals surface area contributed by atoms with Gasteiger partial charge in [-0.15, -0.1) is 11.3 Å². The van der Waals surface area contributed by atoms with Crippen LogP contribution in [0.15, 0.2) is 52.3 Å². The Kier molecular flexibility index (Phi) is 6.37. The number of halogens is 3. The number of hydrogen-bond acceptors (Lipinski definition) is 6. The van der Waals surface area contributed by atoms with Crippen LogP contribution in [0, 0.1) is 0 Å². The molecule has 8 rings (SSSR count). The summed E-state index contributed by atoms with van der Waals surface area (Å²) in [6, 6.07) is 9.22. The lowest BCUT2D eigenvalue weighted by atomic mass is 9.75. The fourth-order valence-electron chi connectivity index (χ4n) is 7.66. The van der Waals surface area contributed by atoms with Crippen molar-refractivity contribution in [1.29, 1.82) is 0 Å². The number of thiophene rings is 1. The van der Waals surface area contributed by atoms with Crippen molar-refractivity contribution in [3.8, 4) is 11.1 Å². The smallest absolute Gasteiger partial charge is 0.331 e. The van der Waals surface area contributed by atoms with Gasteiger partial charge in [0.05, 0.1) is 16.8 Å². The molecule has 3 aromatic heterocycles. The Morgan fingerprint density at radius 1 is 1.05 bits per heavy atom. The number of aryl methyl sites for hydroxylation is 1. The van der Waals surface area contributed by atoms with E-state index in [9.17, 15) is 18.4 Å². The monoisotopic (exact) mass is 623 g/mol. The van der Waals surface area contributed by atoms with Gasteiger partial charge in [0.25, 0.3) is 11.5 Å². The number of nitrogens with one attached hydrogen (secondary N) is 1. The van der Waals surface area contributed by atoms with E-state index >= 15 is 0 Å². The van der Waals surface area contributed by atoms with Crippen LogP contribution in [-0.2, 0) is 13.0 Å². The van der Waals surface area contributed by atoms with Crippen LogP contribution in [0.2, 0.25) is 5.02 Å². The zero-order valence-corrected chi connectivity index (χ0v) is 25.2. The first kappa shape index (κ1) is 27.5. The summed E-state index contributed by atoms with van der Waals surface area (Å²) >= 11 is 8.23. The Bertz CT molecular complexity index is 1870. The molecule has 3 fully saturated rings. The summed E-state index contributed by atoms with van der Waals surface area (Å²) in [4.78, 5) is 34.0. The van der Waals surface area contributed by atoms with Gasteiger partial charge in [-0.1, -0.05) is 11.6 Å². The van der Waals surface area contributed by atoms with Gasteiger partial charge < -0.3 is 10.2 Å². The van der Waals surface area contributed by atoms with Gasteiger partial charge in [0, 0.05) is 88.7 Å². The quantitative estimate of drug-likeness (QED) is 0.296. The molecule has 0 radical (unpaired) electrons. The standard InChI is InChI=1S/C32H32ClF2N5O2S/c33-20-11-19-3-1-9-38(22-14-31(37-17-22)6-2-7-31)28(19)25(12-20)24-4-8-36-26-13-23(43-29(24)26)18-40-27(41)5-10-39(30(40)42)21-15-32(34,35)16-21/h4-5,8,10-13,21-22,37H,1-3,6-7,9,14-18H2. The lowest BCUT2D eigenvalue weighted by Crippen LogP contribution is -2.46. The van der Waals surface area contributed by atoms with Gasteiger partial charge in [-0.05, 0) is 68.4 Å². The average Bonchev–Trinajstić information content (AvgIpc) is 3.58. The molecular formula is C32H32ClF2N5O2S. The lowest BCUT2D eigenvalue weighted by molar-refractivity contribution is -0.105. The van der Waals surface area contributed by atoms with E-state index in [1.54, 1.807) is 6.20 Å². The summed E-state index contributed by atoms with van der Waals surface area (Å²) < 4.78 is 30.4. The van der Waals surface area contributed by atoms with E-state index in [1.807, 2.05) is 12.1 Å². The number of benzene rings is 1. The van der Waals surface area contributed by atoms with E-state index in [0.29, 0.717) is 16.6 Å². The normalized spacial score (nSPS) is 22.5. The number of fused-ring (bicyclic) bond motifs is 2. The molecule has 43 heavy (non-hydrogen) atoms. The van der Waals surface area contributed by atoms with Crippen LogP contribution in [0.4, 0.5) is 14.5 Å². The third kappa shape index (κ3) is 4.64. The highest BCUT2D eigenvalue weighted by molar-refractivity contribution is 7.19. The van der Waals surface area contributed by atoms with Crippen molar-refractivity contribution in [3.63, 3.8) is 0 Å². The Morgan fingerprint density at radius 3 is 2.63 bits per heavy atom. The summed E-state index contributed by atoms with van der Waals surface area (Å²) in [6.07, 6.45) is 9.39. The zero-order valence-electron chi connectivity index (χ0n) is 23.6. The van der Waals surface area contributed by atoms with Crippen LogP contribution >= 0.6 is 22.9 Å². The van der Waals surface area contributed by atoms with E-state index in [1.165, 1.54) is 58.7 Å². The Balaban J connectivity index is 1.17. The minimum absolute atomic E-state index is 0.0533. The molecule has 2 aliphatic heterocycles. The molecule has 1 spiro atoms. The zero-order chi connectivity index (χ0) is 29.5. The molecule has 1 N–H and O–H groups in total. The molecule has 4 aliphatic rings. The third-order valence-electron chi connectivity index (χ3n) is 10.0. The van der Waals surface area contributed by atoms with Gasteiger partial charge in [-0.2, -0.15) is 0 Å². The molecular weight excluding hydrogens is 592 g/mol. The number of anilines is 1. The summed E-state index contributed by atoms with van der Waals surface area (Å²) in [5.74, 6) is -2.76. The highest BCUT2D eigenvalue weighted by Crippen LogP contribution is 2.47. The van der Waals surface area contributed by atoms with Crippen molar-refractivity contribution >= 4 is 38.8 Å². The van der Waals surface area contributed by atoms with Gasteiger partial charge in [0.2, 0.25) is 0 Å². The molecule has 4 aromatic rings. The average molecular weight is 624 g/mol. The first-order valence-electron chi connectivity index (χ1n) is 15.1. The summed E-state index contributed by atoms with van der Waals surface area (Å²) in [6.45, 7) is 2.04. The van der Waals surface area contributed by atoms with Crippen LogP contribution < -0.4 is 21.5 Å². The Morgan fingerprint density at radius 2 is 1.88 bits per heavy atom. The minimum Gasteiger partial charge on any atom is -0.366 e. The van der Waals surface area contributed by atoms with Crippen LogP contribution in [0.25, 0.3) is 21.3 Å². The highest BCUT2D eigenvalue weighted by Gasteiger charge is 2.47. The highest BCUT2D eigenvalue weighted by atomic mass is 35.5. The van der Waals surface area contributed by atoms with Gasteiger partial charge >= 0.3 is 5.69 Å². The molecule has 1 aromatic carbocycles. The van der Waals surface area contributed by atoms with Crippen molar-refractivity contribution in [2.45, 2.75) is 81.5 Å². The van der Waals surface area contributed by atoms with Crippen molar-refractivity contribution in [1.82, 2.24) is 19.4 Å². The van der Waals surface area contributed by atoms with Crippen LogP contribution in [0.5, 0.6) is 0 Å². The number of hydrogen-bond donors (Lipinski definition) is 1. The van der Waals surface area contributed by atoms with E-state index < -0.39 is 23.2 Å². The molecule has 0 amide bonds. The molecule has 224 valence electrons. The van der Waals surface area contributed by atoms with Gasteiger partial charge in [0.15, 0.2) is 0 Å². The van der Waals surface area contributed by atoms with Crippen molar-refractivity contribution in [2.24, 2.45) is 0 Å². The summed E-state index contributed by atoms with van der Waals surface area (Å²) in [7, 11) is 0. The largest absolute Gasteiger partial charge is 0.366 e. The van der Waals surface area contributed by atoms with E-state index in [0.717, 1.165) is 63.1 Å². The van der Waals surface area contributed by atoms with Crippen molar-refractivity contribution in [2.75, 3.05) is 18.0 Å². The second-order valence-corrected chi connectivity index (χ2v) is 14.3. The maximum absolute atomic E-state index is 13.5. The maximum Gasteiger partial charge on any atom is 0.331 e. The Hall–Kier alpha value is -3.08. The van der Waals surface area contributed by atoms with Gasteiger partial charge in [-0.3, -0.25) is 18.9 Å². The number of nitrogens with zero attached hydrogens (tertiary/aromatic N) is 4. The van der Waals surface area contributed by atoms with Crippen LogP contribution in [0.3, 0.4) is 0 Å². The number of rotatable bonds is 5. The van der Waals surface area contributed by atoms with E-state index in [-0.39, 0.29) is 19.4 Å². The molecule has 7 nitrogen and oxygen atoms in total. The number of aromatic nitrogens is 3. The predicted molar refractivity (Wildman–Crippen MR) is 166 cm³/mol.